The van der Waals surface area contributed by atoms with Crippen LogP contribution in [0.5, 0.6) is 0 Å². The highest BCUT2D eigenvalue weighted by atomic mass is 32.2. The van der Waals surface area contributed by atoms with Crippen molar-refractivity contribution >= 4 is 11.8 Å². The summed E-state index contributed by atoms with van der Waals surface area (Å²) < 4.78 is 0. The van der Waals surface area contributed by atoms with Crippen LogP contribution in [0, 0.1) is 5.41 Å². The van der Waals surface area contributed by atoms with Crippen molar-refractivity contribution in [2.45, 2.75) is 52.1 Å². The highest BCUT2D eigenvalue weighted by molar-refractivity contribution is 7.99. The smallest absolute Gasteiger partial charge is 0.0446 e. The molecule has 2 nitrogen and oxygen atoms in total. The third-order valence-electron chi connectivity index (χ3n) is 3.12. The molecule has 0 aromatic carbocycles. The topological polar surface area (TPSA) is 32.3 Å². The van der Waals surface area contributed by atoms with Crippen LogP contribution in [0.3, 0.4) is 0 Å². The first-order chi connectivity index (χ1) is 7.04. The average Bonchev–Trinajstić information content (AvgIpc) is 2.17. The maximum absolute atomic E-state index is 9.09. The molecule has 0 bridgehead atoms. The highest BCUT2D eigenvalue weighted by Gasteiger charge is 2.26. The molecule has 1 unspecified atom stereocenters. The second-order valence-corrected chi connectivity index (χ2v) is 6.71. The molecule has 1 saturated heterocycles. The number of aliphatic hydroxyl groups excluding tert-OH is 1. The number of aliphatic hydroxyl groups is 1. The summed E-state index contributed by atoms with van der Waals surface area (Å²) in [6.07, 6.45) is 3.43. The minimum atomic E-state index is 0.243. The standard InChI is InChI=1S/C12H25NOS/c1-12(2,3)11(4-7-14)13-10-5-8-15-9-6-10/h10-11,13-14H,4-9H2,1-3H3. The van der Waals surface area contributed by atoms with Crippen LogP contribution in [0.25, 0.3) is 0 Å². The molecule has 1 heterocycles. The summed E-state index contributed by atoms with van der Waals surface area (Å²) in [5, 5.41) is 12.8. The molecule has 1 fully saturated rings. The van der Waals surface area contributed by atoms with Crippen molar-refractivity contribution in [1.82, 2.24) is 5.32 Å². The number of thioether (sulfide) groups is 1. The molecule has 0 saturated carbocycles. The van der Waals surface area contributed by atoms with Crippen molar-refractivity contribution in [1.29, 1.82) is 0 Å². The first-order valence-electron chi connectivity index (χ1n) is 5.98. The second-order valence-electron chi connectivity index (χ2n) is 5.48. The summed E-state index contributed by atoms with van der Waals surface area (Å²) >= 11 is 2.06. The summed E-state index contributed by atoms with van der Waals surface area (Å²) in [6, 6.07) is 1.11. The Morgan fingerprint density at radius 1 is 1.33 bits per heavy atom. The van der Waals surface area contributed by atoms with Crippen LogP contribution >= 0.6 is 11.8 Å². The van der Waals surface area contributed by atoms with E-state index in [1.807, 2.05) is 0 Å². The molecule has 0 spiro atoms. The molecule has 0 aromatic heterocycles. The molecule has 3 heteroatoms. The lowest BCUT2D eigenvalue weighted by molar-refractivity contribution is 0.183. The monoisotopic (exact) mass is 231 g/mol. The molecule has 1 rings (SSSR count). The molecule has 15 heavy (non-hydrogen) atoms. The fraction of sp³-hybridized carbons (Fsp3) is 1.00. The van der Waals surface area contributed by atoms with Crippen LogP contribution in [-0.2, 0) is 0 Å². The Morgan fingerprint density at radius 2 is 1.93 bits per heavy atom. The summed E-state index contributed by atoms with van der Waals surface area (Å²) in [5.41, 5.74) is 0.243. The Labute approximate surface area is 98.2 Å². The molecule has 0 aromatic rings. The van der Waals surface area contributed by atoms with E-state index < -0.39 is 0 Å². The predicted octanol–water partition coefficient (Wildman–Crippen LogP) is 2.27. The van der Waals surface area contributed by atoms with Gasteiger partial charge in [-0.3, -0.25) is 0 Å². The van der Waals surface area contributed by atoms with E-state index in [-0.39, 0.29) is 12.0 Å². The third-order valence-corrected chi connectivity index (χ3v) is 4.17. The van der Waals surface area contributed by atoms with Crippen molar-refractivity contribution < 1.29 is 5.11 Å². The lowest BCUT2D eigenvalue weighted by Gasteiger charge is -2.36. The summed E-state index contributed by atoms with van der Waals surface area (Å²) in [7, 11) is 0. The first kappa shape index (κ1) is 13.3. The van der Waals surface area contributed by atoms with Crippen LogP contribution in [0.15, 0.2) is 0 Å². The van der Waals surface area contributed by atoms with Gasteiger partial charge in [0.25, 0.3) is 0 Å². The van der Waals surface area contributed by atoms with Crippen molar-refractivity contribution in [2.24, 2.45) is 5.41 Å². The Kier molecular flexibility index (Phi) is 5.44. The second kappa shape index (κ2) is 6.12. The van der Waals surface area contributed by atoms with Crippen LogP contribution in [0.1, 0.15) is 40.0 Å². The fourth-order valence-corrected chi connectivity index (χ4v) is 3.15. The predicted molar refractivity (Wildman–Crippen MR) is 68.4 cm³/mol. The average molecular weight is 231 g/mol. The third kappa shape index (κ3) is 4.75. The van der Waals surface area contributed by atoms with Crippen molar-refractivity contribution in [2.75, 3.05) is 18.1 Å². The lowest BCUT2D eigenvalue weighted by Crippen LogP contribution is -2.47. The van der Waals surface area contributed by atoms with Crippen molar-refractivity contribution in [3.63, 3.8) is 0 Å². The van der Waals surface area contributed by atoms with Crippen LogP contribution in [0.4, 0.5) is 0 Å². The van der Waals surface area contributed by atoms with Gasteiger partial charge in [0, 0.05) is 18.7 Å². The van der Waals surface area contributed by atoms with E-state index in [0.717, 1.165) is 6.42 Å². The maximum atomic E-state index is 9.09. The molecule has 0 aliphatic carbocycles. The van der Waals surface area contributed by atoms with Gasteiger partial charge in [-0.1, -0.05) is 20.8 Å². The van der Waals surface area contributed by atoms with Gasteiger partial charge in [-0.05, 0) is 36.2 Å². The Balaban J connectivity index is 2.42. The van der Waals surface area contributed by atoms with Gasteiger partial charge in [0.05, 0.1) is 0 Å². The van der Waals surface area contributed by atoms with Crippen molar-refractivity contribution in [3.05, 3.63) is 0 Å². The minimum absolute atomic E-state index is 0.243. The fourth-order valence-electron chi connectivity index (χ4n) is 2.04. The van der Waals surface area contributed by atoms with E-state index in [2.05, 4.69) is 37.8 Å². The van der Waals surface area contributed by atoms with Gasteiger partial charge in [0.1, 0.15) is 0 Å². The molecular formula is C12H25NOS. The molecule has 0 radical (unpaired) electrons. The van der Waals surface area contributed by atoms with E-state index in [1.165, 1.54) is 24.3 Å². The van der Waals surface area contributed by atoms with Gasteiger partial charge in [0.15, 0.2) is 0 Å². The van der Waals surface area contributed by atoms with E-state index in [1.54, 1.807) is 0 Å². The molecular weight excluding hydrogens is 206 g/mol. The summed E-state index contributed by atoms with van der Waals surface area (Å²) in [5.74, 6) is 2.57. The first-order valence-corrected chi connectivity index (χ1v) is 7.14. The van der Waals surface area contributed by atoms with Crippen LogP contribution in [-0.4, -0.2) is 35.3 Å². The van der Waals surface area contributed by atoms with Gasteiger partial charge in [-0.25, -0.2) is 0 Å². The van der Waals surface area contributed by atoms with Gasteiger partial charge >= 0.3 is 0 Å². The lowest BCUT2D eigenvalue weighted by atomic mass is 9.84. The highest BCUT2D eigenvalue weighted by Crippen LogP contribution is 2.25. The SMILES string of the molecule is CC(C)(C)C(CCO)NC1CCSCC1. The van der Waals surface area contributed by atoms with Gasteiger partial charge in [-0.2, -0.15) is 11.8 Å². The van der Waals surface area contributed by atoms with Gasteiger partial charge < -0.3 is 10.4 Å². The molecule has 1 atom stereocenters. The molecule has 2 N–H and O–H groups in total. The van der Waals surface area contributed by atoms with E-state index in [0.29, 0.717) is 12.1 Å². The van der Waals surface area contributed by atoms with Crippen LogP contribution < -0.4 is 5.32 Å². The number of nitrogens with one attached hydrogen (secondary N) is 1. The van der Waals surface area contributed by atoms with E-state index >= 15 is 0 Å². The zero-order chi connectivity index (χ0) is 11.3. The van der Waals surface area contributed by atoms with Crippen LogP contribution in [0.2, 0.25) is 0 Å². The number of rotatable bonds is 4. The van der Waals surface area contributed by atoms with Gasteiger partial charge in [0.2, 0.25) is 0 Å². The molecule has 90 valence electrons. The number of hydrogen-bond donors (Lipinski definition) is 2. The Hall–Kier alpha value is 0.270. The Morgan fingerprint density at radius 3 is 2.40 bits per heavy atom. The minimum Gasteiger partial charge on any atom is -0.396 e. The zero-order valence-electron chi connectivity index (χ0n) is 10.3. The largest absolute Gasteiger partial charge is 0.396 e. The number of hydrogen-bond acceptors (Lipinski definition) is 3. The molecule has 1 aliphatic heterocycles. The Bertz CT molecular complexity index is 173. The van der Waals surface area contributed by atoms with E-state index in [9.17, 15) is 0 Å². The quantitative estimate of drug-likeness (QED) is 0.778. The normalized spacial score (nSPS) is 21.6. The van der Waals surface area contributed by atoms with E-state index in [4.69, 9.17) is 5.11 Å². The maximum Gasteiger partial charge on any atom is 0.0446 e. The summed E-state index contributed by atoms with van der Waals surface area (Å²) in [4.78, 5) is 0. The summed E-state index contributed by atoms with van der Waals surface area (Å²) in [6.45, 7) is 7.03. The zero-order valence-corrected chi connectivity index (χ0v) is 11.1. The molecule has 1 aliphatic rings. The van der Waals surface area contributed by atoms with Gasteiger partial charge in [-0.15, -0.1) is 0 Å². The molecule has 0 amide bonds. The van der Waals surface area contributed by atoms with Crippen molar-refractivity contribution in [3.8, 4) is 0 Å².